The fourth-order valence-electron chi connectivity index (χ4n) is 3.40. The van der Waals surface area contributed by atoms with E-state index in [1.54, 1.807) is 37.3 Å². The van der Waals surface area contributed by atoms with E-state index >= 15 is 0 Å². The number of benzene rings is 2. The summed E-state index contributed by atoms with van der Waals surface area (Å²) in [5.74, 6) is 0.494. The van der Waals surface area contributed by atoms with E-state index in [0.717, 1.165) is 24.3 Å². The number of nitrogens with one attached hydrogen (secondary N) is 2. The first-order chi connectivity index (χ1) is 14.0. The van der Waals surface area contributed by atoms with Crippen LogP contribution >= 0.6 is 12.4 Å². The number of amides is 2. The summed E-state index contributed by atoms with van der Waals surface area (Å²) in [6, 6.07) is 13.0. The lowest BCUT2D eigenvalue weighted by Crippen LogP contribution is -2.28. The van der Waals surface area contributed by atoms with Crippen molar-refractivity contribution in [1.82, 2.24) is 5.32 Å². The number of ether oxygens (including phenoxy) is 2. The molecule has 0 bridgehead atoms. The summed E-state index contributed by atoms with van der Waals surface area (Å²) in [6.45, 7) is 3.98. The third kappa shape index (κ3) is 5.43. The first-order valence-electron chi connectivity index (χ1n) is 9.68. The number of halogens is 1. The third-order valence-corrected chi connectivity index (χ3v) is 4.95. The van der Waals surface area contributed by atoms with Crippen molar-refractivity contribution in [2.24, 2.45) is 5.92 Å². The van der Waals surface area contributed by atoms with Gasteiger partial charge in [-0.2, -0.15) is 0 Å². The molecular formula is C22H28ClN3O4. The minimum absolute atomic E-state index is 0. The molecule has 1 fully saturated rings. The van der Waals surface area contributed by atoms with Crippen LogP contribution in [0.15, 0.2) is 42.5 Å². The van der Waals surface area contributed by atoms with Gasteiger partial charge in [-0.3, -0.25) is 9.59 Å². The molecule has 0 aliphatic carbocycles. The Morgan fingerprint density at radius 2 is 1.97 bits per heavy atom. The average Bonchev–Trinajstić information content (AvgIpc) is 3.13. The van der Waals surface area contributed by atoms with Gasteiger partial charge in [-0.05, 0) is 36.4 Å². The minimum Gasteiger partial charge on any atom is -0.497 e. The quantitative estimate of drug-likeness (QED) is 0.668. The highest BCUT2D eigenvalue weighted by Gasteiger charge is 2.36. The third-order valence-electron chi connectivity index (χ3n) is 4.95. The Balaban J connectivity index is 0.00000320. The van der Waals surface area contributed by atoms with Gasteiger partial charge < -0.3 is 25.0 Å². The molecule has 2 aromatic carbocycles. The van der Waals surface area contributed by atoms with Crippen molar-refractivity contribution in [3.63, 3.8) is 0 Å². The molecule has 1 aliphatic rings. The van der Waals surface area contributed by atoms with Gasteiger partial charge in [-0.1, -0.05) is 19.1 Å². The maximum atomic E-state index is 12.8. The highest BCUT2D eigenvalue weighted by molar-refractivity contribution is 6.04. The second-order valence-electron chi connectivity index (χ2n) is 6.91. The Kier molecular flexibility index (Phi) is 8.50. The molecule has 2 aromatic rings. The molecule has 2 N–H and O–H groups in total. The number of nitrogens with zero attached hydrogens (tertiary/aromatic N) is 1. The predicted octanol–water partition coefficient (Wildman–Crippen LogP) is 3.23. The van der Waals surface area contributed by atoms with E-state index in [-0.39, 0.29) is 30.6 Å². The van der Waals surface area contributed by atoms with Gasteiger partial charge in [0.05, 0.1) is 25.8 Å². The summed E-state index contributed by atoms with van der Waals surface area (Å²) in [5.41, 5.74) is 2.47. The van der Waals surface area contributed by atoms with Crippen LogP contribution in [-0.4, -0.2) is 39.1 Å². The van der Waals surface area contributed by atoms with E-state index in [4.69, 9.17) is 9.47 Å². The molecule has 0 radical (unpaired) electrons. The van der Waals surface area contributed by atoms with E-state index in [9.17, 15) is 9.59 Å². The summed E-state index contributed by atoms with van der Waals surface area (Å²) in [4.78, 5) is 26.9. The fraction of sp³-hybridized carbons (Fsp3) is 0.364. The molecule has 1 aliphatic heterocycles. The molecule has 1 atom stereocenters. The van der Waals surface area contributed by atoms with Crippen LogP contribution in [0.5, 0.6) is 11.5 Å². The highest BCUT2D eigenvalue weighted by Crippen LogP contribution is 2.36. The van der Waals surface area contributed by atoms with Crippen molar-refractivity contribution < 1.29 is 19.1 Å². The number of carbonyl (C=O) groups excluding carboxylic acids is 2. The van der Waals surface area contributed by atoms with Gasteiger partial charge in [-0.15, -0.1) is 12.4 Å². The Labute approximate surface area is 183 Å². The van der Waals surface area contributed by atoms with Crippen LogP contribution in [0.2, 0.25) is 0 Å². The Hall–Kier alpha value is -2.77. The largest absolute Gasteiger partial charge is 0.497 e. The molecule has 30 heavy (non-hydrogen) atoms. The number of rotatable bonds is 8. The molecule has 0 spiro atoms. The zero-order valence-corrected chi connectivity index (χ0v) is 18.3. The van der Waals surface area contributed by atoms with Crippen molar-refractivity contribution in [2.45, 2.75) is 19.9 Å². The zero-order valence-electron chi connectivity index (χ0n) is 17.4. The molecule has 1 heterocycles. The summed E-state index contributed by atoms with van der Waals surface area (Å²) in [7, 11) is 3.12. The van der Waals surface area contributed by atoms with Crippen molar-refractivity contribution in [3.8, 4) is 11.5 Å². The summed E-state index contributed by atoms with van der Waals surface area (Å²) >= 11 is 0. The summed E-state index contributed by atoms with van der Waals surface area (Å²) in [5, 5.41) is 6.21. The van der Waals surface area contributed by atoms with Crippen molar-refractivity contribution in [2.75, 3.05) is 37.5 Å². The van der Waals surface area contributed by atoms with E-state index < -0.39 is 5.92 Å². The van der Waals surface area contributed by atoms with Gasteiger partial charge in [0.1, 0.15) is 11.5 Å². The Bertz CT molecular complexity index is 890. The normalized spacial score (nSPS) is 15.5. The van der Waals surface area contributed by atoms with Crippen LogP contribution in [-0.2, 0) is 16.1 Å². The predicted molar refractivity (Wildman–Crippen MR) is 120 cm³/mol. The summed E-state index contributed by atoms with van der Waals surface area (Å²) in [6.07, 6.45) is 0.165. The van der Waals surface area contributed by atoms with E-state index in [1.807, 2.05) is 31.2 Å². The number of hydrogen-bond donors (Lipinski definition) is 2. The first kappa shape index (κ1) is 23.5. The number of hydrogen-bond acceptors (Lipinski definition) is 5. The molecule has 0 aromatic heterocycles. The van der Waals surface area contributed by atoms with Crippen molar-refractivity contribution >= 4 is 35.6 Å². The molecule has 8 heteroatoms. The SMILES string of the molecule is CCNCc1cccc(NC(=O)C2CC(=O)N(c3ccc(OC)cc3OC)C2)c1.Cl. The van der Waals surface area contributed by atoms with Crippen LogP contribution in [0.1, 0.15) is 18.9 Å². The lowest BCUT2D eigenvalue weighted by Gasteiger charge is -2.20. The lowest BCUT2D eigenvalue weighted by atomic mass is 10.1. The van der Waals surface area contributed by atoms with Gasteiger partial charge in [-0.25, -0.2) is 0 Å². The van der Waals surface area contributed by atoms with Gasteiger partial charge in [0.2, 0.25) is 11.8 Å². The minimum atomic E-state index is -0.424. The number of methoxy groups -OCH3 is 2. The van der Waals surface area contributed by atoms with Crippen LogP contribution in [0, 0.1) is 5.92 Å². The van der Waals surface area contributed by atoms with Crippen molar-refractivity contribution in [1.29, 1.82) is 0 Å². The fourth-order valence-corrected chi connectivity index (χ4v) is 3.40. The topological polar surface area (TPSA) is 79.9 Å². The maximum Gasteiger partial charge on any atom is 0.229 e. The Morgan fingerprint density at radius 3 is 2.67 bits per heavy atom. The molecule has 162 valence electrons. The molecule has 1 saturated heterocycles. The number of anilines is 2. The maximum absolute atomic E-state index is 12.8. The molecule has 0 saturated carbocycles. The van der Waals surface area contributed by atoms with E-state index in [0.29, 0.717) is 23.7 Å². The van der Waals surface area contributed by atoms with Crippen molar-refractivity contribution in [3.05, 3.63) is 48.0 Å². The summed E-state index contributed by atoms with van der Waals surface area (Å²) < 4.78 is 10.6. The Morgan fingerprint density at radius 1 is 1.17 bits per heavy atom. The molecule has 3 rings (SSSR count). The van der Waals surface area contributed by atoms with Gasteiger partial charge in [0.15, 0.2) is 0 Å². The lowest BCUT2D eigenvalue weighted by molar-refractivity contribution is -0.122. The molecular weight excluding hydrogens is 406 g/mol. The van der Waals surface area contributed by atoms with Crippen LogP contribution in [0.25, 0.3) is 0 Å². The van der Waals surface area contributed by atoms with E-state index in [2.05, 4.69) is 10.6 Å². The first-order valence-corrected chi connectivity index (χ1v) is 9.68. The second kappa shape index (κ2) is 10.8. The van der Waals surface area contributed by atoms with Gasteiger partial charge >= 0.3 is 0 Å². The van der Waals surface area contributed by atoms with E-state index in [1.165, 1.54) is 0 Å². The smallest absolute Gasteiger partial charge is 0.229 e. The van der Waals surface area contributed by atoms with Gasteiger partial charge in [0, 0.05) is 31.3 Å². The monoisotopic (exact) mass is 433 g/mol. The van der Waals surface area contributed by atoms with Gasteiger partial charge in [0.25, 0.3) is 0 Å². The molecule has 2 amide bonds. The standard InChI is InChI=1S/C22H27N3O4.ClH/c1-4-23-13-15-6-5-7-17(10-15)24-22(27)16-11-21(26)25(14-16)19-9-8-18(28-2)12-20(19)29-3;/h5-10,12,16,23H,4,11,13-14H2,1-3H3,(H,24,27);1H. The second-order valence-corrected chi connectivity index (χ2v) is 6.91. The van der Waals surface area contributed by atoms with Crippen LogP contribution in [0.4, 0.5) is 11.4 Å². The highest BCUT2D eigenvalue weighted by atomic mass is 35.5. The molecule has 7 nitrogen and oxygen atoms in total. The number of carbonyl (C=O) groups is 2. The molecule has 1 unspecified atom stereocenters. The average molecular weight is 434 g/mol. The zero-order chi connectivity index (χ0) is 20.8. The van der Waals surface area contributed by atoms with Crippen LogP contribution < -0.4 is 25.0 Å². The van der Waals surface area contributed by atoms with Crippen LogP contribution in [0.3, 0.4) is 0 Å².